The van der Waals surface area contributed by atoms with E-state index in [1.165, 1.54) is 0 Å². The molecule has 1 aromatic rings. The summed E-state index contributed by atoms with van der Waals surface area (Å²) in [5.74, 6) is 0.567. The van der Waals surface area contributed by atoms with Gasteiger partial charge in [-0.1, -0.05) is 31.4 Å². The van der Waals surface area contributed by atoms with Crippen molar-refractivity contribution in [1.82, 2.24) is 4.98 Å². The topological polar surface area (TPSA) is 48.1 Å². The fourth-order valence-corrected chi connectivity index (χ4v) is 1.56. The number of aromatic nitrogens is 1. The van der Waals surface area contributed by atoms with Crippen LogP contribution in [0.5, 0.6) is 5.88 Å². The van der Waals surface area contributed by atoms with Gasteiger partial charge in [0.1, 0.15) is 0 Å². The Morgan fingerprint density at radius 1 is 1.47 bits per heavy atom. The number of nitrogens with zero attached hydrogens (tertiary/aromatic N) is 1. The van der Waals surface area contributed by atoms with E-state index in [1.54, 1.807) is 31.5 Å². The molecular weight excluding hydrogens is 212 g/mol. The Balaban J connectivity index is 3.14. The monoisotopic (exact) mass is 230 g/mol. The molecule has 1 unspecified atom stereocenters. The molecule has 0 fully saturated rings. The van der Waals surface area contributed by atoms with Crippen LogP contribution in [-0.2, 0) is 5.54 Å². The first-order chi connectivity index (χ1) is 8.06. The van der Waals surface area contributed by atoms with E-state index >= 15 is 0 Å². The maximum absolute atomic E-state index is 6.30. The van der Waals surface area contributed by atoms with Crippen LogP contribution in [0.3, 0.4) is 0 Å². The maximum Gasteiger partial charge on any atom is 0.212 e. The van der Waals surface area contributed by atoms with Crippen LogP contribution in [-0.4, -0.2) is 12.1 Å². The third kappa shape index (κ3) is 2.82. The van der Waals surface area contributed by atoms with Gasteiger partial charge in [0.2, 0.25) is 5.88 Å². The predicted octanol–water partition coefficient (Wildman–Crippen LogP) is 2.56. The first-order valence-electron chi connectivity index (χ1n) is 5.31. The molecule has 0 aliphatic carbocycles. The Morgan fingerprint density at radius 3 is 2.59 bits per heavy atom. The number of allylic oxidation sites excluding steroid dienone is 2. The zero-order valence-corrected chi connectivity index (χ0v) is 10.3. The highest BCUT2D eigenvalue weighted by Crippen LogP contribution is 2.27. The van der Waals surface area contributed by atoms with Gasteiger partial charge in [0.25, 0.3) is 0 Å². The largest absolute Gasteiger partial charge is 0.481 e. The van der Waals surface area contributed by atoms with Gasteiger partial charge in [-0.15, -0.1) is 0 Å². The molecule has 0 aromatic carbocycles. The average molecular weight is 230 g/mol. The second kappa shape index (κ2) is 5.46. The maximum atomic E-state index is 6.30. The standard InChI is InChI=1S/C14H18N2O/c1-5-7-11(6-2)14(3,15)12-8-9-13(17-4)16-10-12/h5-10H,1-2,15H2,3-4H3/b11-7+. The summed E-state index contributed by atoms with van der Waals surface area (Å²) >= 11 is 0. The Hall–Kier alpha value is -1.87. The van der Waals surface area contributed by atoms with Crippen LogP contribution in [0.4, 0.5) is 0 Å². The average Bonchev–Trinajstić information content (AvgIpc) is 2.35. The van der Waals surface area contributed by atoms with Crippen molar-refractivity contribution < 1.29 is 4.74 Å². The molecule has 3 nitrogen and oxygen atoms in total. The van der Waals surface area contributed by atoms with E-state index in [9.17, 15) is 0 Å². The van der Waals surface area contributed by atoms with E-state index in [1.807, 2.05) is 19.1 Å². The summed E-state index contributed by atoms with van der Waals surface area (Å²) in [6.07, 6.45) is 6.97. The first-order valence-corrected chi connectivity index (χ1v) is 5.31. The van der Waals surface area contributed by atoms with E-state index in [4.69, 9.17) is 10.5 Å². The minimum Gasteiger partial charge on any atom is -0.481 e. The molecule has 3 heteroatoms. The molecule has 90 valence electrons. The molecule has 0 saturated heterocycles. The lowest BCUT2D eigenvalue weighted by molar-refractivity contribution is 0.397. The van der Waals surface area contributed by atoms with Crippen molar-refractivity contribution in [1.29, 1.82) is 0 Å². The van der Waals surface area contributed by atoms with Gasteiger partial charge in [-0.05, 0) is 24.1 Å². The summed E-state index contributed by atoms with van der Waals surface area (Å²) in [4.78, 5) is 4.15. The van der Waals surface area contributed by atoms with Gasteiger partial charge in [-0.25, -0.2) is 4.98 Å². The Labute approximate surface area is 102 Å². The zero-order valence-electron chi connectivity index (χ0n) is 10.3. The van der Waals surface area contributed by atoms with Crippen molar-refractivity contribution in [2.24, 2.45) is 5.73 Å². The molecule has 2 N–H and O–H groups in total. The van der Waals surface area contributed by atoms with Crippen LogP contribution in [0, 0.1) is 0 Å². The lowest BCUT2D eigenvalue weighted by Gasteiger charge is -2.26. The minimum absolute atomic E-state index is 0.567. The predicted molar refractivity (Wildman–Crippen MR) is 70.8 cm³/mol. The van der Waals surface area contributed by atoms with Gasteiger partial charge in [0.05, 0.1) is 12.6 Å². The quantitative estimate of drug-likeness (QED) is 0.791. The molecule has 1 atom stereocenters. The van der Waals surface area contributed by atoms with Crippen LogP contribution in [0.2, 0.25) is 0 Å². The second-order valence-electron chi connectivity index (χ2n) is 3.85. The van der Waals surface area contributed by atoms with Gasteiger partial charge < -0.3 is 10.5 Å². The summed E-state index contributed by atoms with van der Waals surface area (Å²) in [6.45, 7) is 9.34. The van der Waals surface area contributed by atoms with Gasteiger partial charge in [-0.3, -0.25) is 0 Å². The minimum atomic E-state index is -0.644. The third-order valence-corrected chi connectivity index (χ3v) is 2.66. The Kier molecular flexibility index (Phi) is 4.24. The number of hydrogen-bond acceptors (Lipinski definition) is 3. The second-order valence-corrected chi connectivity index (χ2v) is 3.85. The molecule has 0 bridgehead atoms. The zero-order chi connectivity index (χ0) is 12.9. The van der Waals surface area contributed by atoms with Crippen molar-refractivity contribution in [3.8, 4) is 5.88 Å². The molecule has 0 spiro atoms. The van der Waals surface area contributed by atoms with E-state index in [0.717, 1.165) is 11.1 Å². The van der Waals surface area contributed by atoms with Crippen LogP contribution in [0.25, 0.3) is 0 Å². The molecule has 0 saturated carbocycles. The fourth-order valence-electron chi connectivity index (χ4n) is 1.56. The van der Waals surface area contributed by atoms with Crippen molar-refractivity contribution in [3.05, 3.63) is 60.9 Å². The molecule has 1 aromatic heterocycles. The highest BCUT2D eigenvalue weighted by atomic mass is 16.5. The molecule has 0 aliphatic heterocycles. The normalized spacial score (nSPS) is 14.9. The van der Waals surface area contributed by atoms with Gasteiger partial charge >= 0.3 is 0 Å². The Bertz CT molecular complexity index is 430. The van der Waals surface area contributed by atoms with Crippen LogP contribution < -0.4 is 10.5 Å². The molecule has 1 heterocycles. The molecule has 0 aliphatic rings. The van der Waals surface area contributed by atoms with Crippen molar-refractivity contribution in [2.45, 2.75) is 12.5 Å². The molecule has 0 amide bonds. The van der Waals surface area contributed by atoms with E-state index in [2.05, 4.69) is 18.1 Å². The summed E-state index contributed by atoms with van der Waals surface area (Å²) in [5.41, 5.74) is 7.44. The van der Waals surface area contributed by atoms with Gasteiger partial charge in [0.15, 0.2) is 0 Å². The number of hydrogen-bond donors (Lipinski definition) is 1. The highest BCUT2D eigenvalue weighted by molar-refractivity contribution is 5.40. The lowest BCUT2D eigenvalue weighted by atomic mass is 9.86. The van der Waals surface area contributed by atoms with Gasteiger partial charge in [0, 0.05) is 12.3 Å². The summed E-state index contributed by atoms with van der Waals surface area (Å²) < 4.78 is 5.01. The number of ether oxygens (including phenoxy) is 1. The smallest absolute Gasteiger partial charge is 0.212 e. The highest BCUT2D eigenvalue weighted by Gasteiger charge is 2.24. The van der Waals surface area contributed by atoms with Crippen molar-refractivity contribution >= 4 is 0 Å². The van der Waals surface area contributed by atoms with Gasteiger partial charge in [-0.2, -0.15) is 0 Å². The number of rotatable bonds is 5. The fraction of sp³-hybridized carbons (Fsp3) is 0.214. The summed E-state index contributed by atoms with van der Waals surface area (Å²) in [7, 11) is 1.58. The summed E-state index contributed by atoms with van der Waals surface area (Å²) in [6, 6.07) is 3.68. The third-order valence-electron chi connectivity index (χ3n) is 2.66. The number of nitrogens with two attached hydrogens (primary N) is 1. The van der Waals surface area contributed by atoms with Crippen LogP contribution in [0.15, 0.2) is 55.3 Å². The lowest BCUT2D eigenvalue weighted by Crippen LogP contribution is -2.34. The SMILES string of the molecule is C=C/C=C(\C=C)C(C)(N)c1ccc(OC)nc1. The number of pyridine rings is 1. The van der Waals surface area contributed by atoms with E-state index in [0.29, 0.717) is 5.88 Å². The molecule has 1 rings (SSSR count). The summed E-state index contributed by atoms with van der Waals surface area (Å²) in [5, 5.41) is 0. The van der Waals surface area contributed by atoms with Crippen LogP contribution >= 0.6 is 0 Å². The molecular formula is C14H18N2O. The number of methoxy groups -OCH3 is 1. The first kappa shape index (κ1) is 13.2. The van der Waals surface area contributed by atoms with E-state index in [-0.39, 0.29) is 0 Å². The molecule has 17 heavy (non-hydrogen) atoms. The van der Waals surface area contributed by atoms with E-state index < -0.39 is 5.54 Å². The van der Waals surface area contributed by atoms with Crippen molar-refractivity contribution in [2.75, 3.05) is 7.11 Å². The Morgan fingerprint density at radius 2 is 2.18 bits per heavy atom. The molecule has 0 radical (unpaired) electrons. The van der Waals surface area contributed by atoms with Crippen LogP contribution in [0.1, 0.15) is 12.5 Å². The van der Waals surface area contributed by atoms with Crippen molar-refractivity contribution in [3.63, 3.8) is 0 Å².